The molecule has 5 rings (SSSR count). The molecule has 51 heavy (non-hydrogen) atoms. The van der Waals surface area contributed by atoms with Crippen LogP contribution in [0.4, 0.5) is 10.5 Å². The number of allylic oxidation sites excluding steroid dienone is 3. The van der Waals surface area contributed by atoms with Gasteiger partial charge in [0, 0.05) is 11.1 Å². The molecule has 0 unspecified atom stereocenters. The molecule has 1 aromatic heterocycles. The van der Waals surface area contributed by atoms with Crippen LogP contribution in [0.2, 0.25) is 5.02 Å². The molecule has 2 aromatic carbocycles. The number of fused-ring (bicyclic) bond motifs is 1. The van der Waals surface area contributed by atoms with Crippen LogP contribution in [-0.4, -0.2) is 80.6 Å². The molecule has 0 radical (unpaired) electrons. The van der Waals surface area contributed by atoms with Gasteiger partial charge in [0.1, 0.15) is 30.4 Å². The third-order valence-corrected chi connectivity index (χ3v) is 8.97. The number of ether oxygens (including phenoxy) is 1. The molecule has 0 aliphatic carbocycles. The van der Waals surface area contributed by atoms with E-state index in [-0.39, 0.29) is 17.6 Å². The number of aliphatic carboxylic acids is 2. The SMILES string of the molecule is Cc1cc2c(cc1Cl)N(CC(=O)NCS(=O)(=O)O)C(=CC(=CC=c1o/c(=C3/SC(=O)N(CC(=O)O)C3=O)n(CC(=O)O)c1=O)c1ccccc1)O2. The zero-order valence-corrected chi connectivity index (χ0v) is 28.5. The Balaban J connectivity index is 1.65. The number of carbonyl (C=O) groups excluding carboxylic acids is 3. The van der Waals surface area contributed by atoms with Crippen molar-refractivity contribution in [3.05, 3.63) is 98.0 Å². The maximum absolute atomic E-state index is 13.4. The van der Waals surface area contributed by atoms with Gasteiger partial charge in [-0.15, -0.1) is 0 Å². The number of thioether (sulfide) groups is 1. The summed E-state index contributed by atoms with van der Waals surface area (Å²) in [5, 5.41) is 20.0. The minimum Gasteiger partial charge on any atom is -0.480 e. The van der Waals surface area contributed by atoms with Crippen molar-refractivity contribution in [2.75, 3.05) is 23.9 Å². The molecule has 0 saturated carbocycles. The first-order valence-corrected chi connectivity index (χ1v) is 17.2. The molecule has 20 heteroatoms. The molecule has 0 bridgehead atoms. The van der Waals surface area contributed by atoms with E-state index < -0.39 is 86.0 Å². The molecule has 0 spiro atoms. The van der Waals surface area contributed by atoms with Gasteiger partial charge in [-0.2, -0.15) is 8.42 Å². The normalized spacial score (nSPS) is 16.9. The van der Waals surface area contributed by atoms with Crippen LogP contribution in [0.1, 0.15) is 11.1 Å². The minimum atomic E-state index is -4.52. The Morgan fingerprint density at radius 3 is 2.33 bits per heavy atom. The number of amides is 3. The minimum absolute atomic E-state index is 0.0566. The highest BCUT2D eigenvalue weighted by Gasteiger charge is 2.39. The number of hydrogen-bond donors (Lipinski definition) is 4. The predicted molar refractivity (Wildman–Crippen MR) is 181 cm³/mol. The summed E-state index contributed by atoms with van der Waals surface area (Å²) in [4.78, 5) is 75.6. The third kappa shape index (κ3) is 8.40. The second-order valence-electron chi connectivity index (χ2n) is 10.8. The van der Waals surface area contributed by atoms with E-state index in [0.29, 0.717) is 42.6 Å². The van der Waals surface area contributed by atoms with Crippen LogP contribution in [0.5, 0.6) is 5.75 Å². The van der Waals surface area contributed by atoms with E-state index in [0.717, 1.165) is 0 Å². The number of carbonyl (C=O) groups is 5. The summed E-state index contributed by atoms with van der Waals surface area (Å²) in [5.41, 5.74) is -0.118. The summed E-state index contributed by atoms with van der Waals surface area (Å²) in [6.07, 6.45) is 4.06. The van der Waals surface area contributed by atoms with Crippen molar-refractivity contribution < 1.29 is 56.3 Å². The number of aryl methyl sites for hydroxylation is 1. The summed E-state index contributed by atoms with van der Waals surface area (Å²) in [7, 11) is -4.52. The lowest BCUT2D eigenvalue weighted by Crippen LogP contribution is -2.38. The van der Waals surface area contributed by atoms with Crippen LogP contribution >= 0.6 is 23.4 Å². The molecular weight excluding hydrogens is 736 g/mol. The van der Waals surface area contributed by atoms with E-state index in [1.54, 1.807) is 49.4 Å². The number of anilines is 1. The highest BCUT2D eigenvalue weighted by atomic mass is 35.5. The molecule has 2 aliphatic rings. The van der Waals surface area contributed by atoms with Crippen LogP contribution < -0.4 is 31.5 Å². The Morgan fingerprint density at radius 1 is 1.00 bits per heavy atom. The quantitative estimate of drug-likeness (QED) is 0.199. The van der Waals surface area contributed by atoms with Gasteiger partial charge in [-0.3, -0.25) is 47.7 Å². The van der Waals surface area contributed by atoms with E-state index >= 15 is 0 Å². The summed E-state index contributed by atoms with van der Waals surface area (Å²) in [6.45, 7) is -0.683. The van der Waals surface area contributed by atoms with Crippen LogP contribution in [-0.2, 0) is 35.8 Å². The van der Waals surface area contributed by atoms with Gasteiger partial charge in [0.05, 0.1) is 5.69 Å². The van der Waals surface area contributed by atoms with E-state index in [1.165, 1.54) is 23.1 Å². The van der Waals surface area contributed by atoms with Gasteiger partial charge in [0.2, 0.25) is 17.3 Å². The fourth-order valence-electron chi connectivity index (χ4n) is 4.80. The zero-order chi connectivity index (χ0) is 37.2. The zero-order valence-electron chi connectivity index (χ0n) is 26.1. The number of nitrogens with one attached hydrogen (secondary N) is 1. The number of oxazole rings is 1. The smallest absolute Gasteiger partial charge is 0.323 e. The molecule has 3 aromatic rings. The lowest BCUT2D eigenvalue weighted by Gasteiger charge is -2.18. The molecule has 2 aliphatic heterocycles. The van der Waals surface area contributed by atoms with Crippen molar-refractivity contribution in [1.29, 1.82) is 0 Å². The Hall–Kier alpha value is -5.63. The molecule has 0 atom stereocenters. The first-order chi connectivity index (χ1) is 24.0. The van der Waals surface area contributed by atoms with Crippen molar-refractivity contribution in [3.63, 3.8) is 0 Å². The molecule has 3 amide bonds. The molecule has 1 saturated heterocycles. The number of hydrogen-bond acceptors (Lipinski definition) is 12. The maximum Gasteiger partial charge on any atom is 0.323 e. The molecule has 1 fully saturated rings. The predicted octanol–water partition coefficient (Wildman–Crippen LogP) is 0.942. The van der Waals surface area contributed by atoms with Gasteiger partial charge in [0.15, 0.2) is 11.2 Å². The molecule has 3 heterocycles. The highest BCUT2D eigenvalue weighted by Crippen LogP contribution is 2.42. The average molecular weight is 761 g/mol. The Kier molecular flexibility index (Phi) is 10.6. The Morgan fingerprint density at radius 2 is 1.69 bits per heavy atom. The largest absolute Gasteiger partial charge is 0.480 e. The van der Waals surface area contributed by atoms with Crippen molar-refractivity contribution in [2.24, 2.45) is 0 Å². The summed E-state index contributed by atoms with van der Waals surface area (Å²) >= 11 is 6.64. The van der Waals surface area contributed by atoms with Gasteiger partial charge in [-0.1, -0.05) is 48.0 Å². The number of benzene rings is 2. The third-order valence-electron chi connectivity index (χ3n) is 7.10. The van der Waals surface area contributed by atoms with E-state index in [4.69, 9.17) is 30.4 Å². The van der Waals surface area contributed by atoms with Crippen molar-refractivity contribution in [2.45, 2.75) is 13.5 Å². The number of nitrogens with zero attached hydrogens (tertiary/aromatic N) is 3. The Labute approximate surface area is 296 Å². The second kappa shape index (κ2) is 14.7. The molecule has 17 nitrogen and oxygen atoms in total. The lowest BCUT2D eigenvalue weighted by molar-refractivity contribution is -0.140. The molecular formula is C31H25ClN4O13S2. The number of imide groups is 1. The number of aromatic nitrogens is 1. The summed E-state index contributed by atoms with van der Waals surface area (Å²) in [5.74, 6) is -5.53. The van der Waals surface area contributed by atoms with Crippen molar-refractivity contribution >= 4 is 84.7 Å². The van der Waals surface area contributed by atoms with E-state index in [1.807, 2.05) is 0 Å². The number of carboxylic acid groups (broad SMARTS) is 2. The van der Waals surface area contributed by atoms with Crippen LogP contribution in [0.25, 0.3) is 16.6 Å². The molecule has 4 N–H and O–H groups in total. The number of carboxylic acids is 2. The van der Waals surface area contributed by atoms with Gasteiger partial charge in [-0.25, -0.2) is 0 Å². The van der Waals surface area contributed by atoms with Gasteiger partial charge < -0.3 is 24.7 Å². The Bertz CT molecular complexity index is 2350. The lowest BCUT2D eigenvalue weighted by atomic mass is 10.1. The average Bonchev–Trinajstić information content (AvgIpc) is 3.64. The number of halogens is 1. The van der Waals surface area contributed by atoms with Gasteiger partial charge >= 0.3 is 11.9 Å². The second-order valence-corrected chi connectivity index (χ2v) is 13.6. The van der Waals surface area contributed by atoms with E-state index in [2.05, 4.69) is 5.32 Å². The van der Waals surface area contributed by atoms with Crippen LogP contribution in [0.15, 0.2) is 69.7 Å². The van der Waals surface area contributed by atoms with Crippen molar-refractivity contribution in [1.82, 2.24) is 14.8 Å². The fourth-order valence-corrected chi connectivity index (χ4v) is 6.17. The molecule has 266 valence electrons. The topological polar surface area (TPSA) is 243 Å². The van der Waals surface area contributed by atoms with Gasteiger partial charge in [0.25, 0.3) is 26.8 Å². The van der Waals surface area contributed by atoms with E-state index in [9.17, 15) is 42.3 Å². The fraction of sp³-hybridized carbons (Fsp3) is 0.161. The first kappa shape index (κ1) is 36.6. The first-order valence-electron chi connectivity index (χ1n) is 14.4. The monoisotopic (exact) mass is 760 g/mol. The standard InChI is InChI=1S/C31H25ClN4O13S2/c1-16-9-22-20(11-19(16)32)34(12-23(37)33-15-51(45,46)47)24(48-22)10-18(17-5-3-2-4-6-17)7-8-21-28(42)35(13-25(38)39)30(49-21)27-29(43)36(14-26(40)41)31(44)50-27/h2-11H,12-15H2,1H3,(H,33,37)(H,38,39)(H,40,41)(H,45,46,47)/b18-7?,21-8?,24-10?,30-27+. The number of rotatable bonds is 11. The highest BCUT2D eigenvalue weighted by molar-refractivity contribution is 8.22. The van der Waals surface area contributed by atoms with Crippen LogP contribution in [0.3, 0.4) is 0 Å². The van der Waals surface area contributed by atoms with Gasteiger partial charge in [-0.05, 0) is 53.6 Å². The summed E-state index contributed by atoms with van der Waals surface area (Å²) in [6, 6.07) is 11.7. The van der Waals surface area contributed by atoms with Crippen LogP contribution in [0, 0.1) is 6.92 Å². The van der Waals surface area contributed by atoms with Crippen molar-refractivity contribution in [3.8, 4) is 5.75 Å². The summed E-state index contributed by atoms with van der Waals surface area (Å²) < 4.78 is 43.8. The maximum atomic E-state index is 13.4.